The van der Waals surface area contributed by atoms with Crippen molar-refractivity contribution in [3.05, 3.63) is 82.9 Å². The summed E-state index contributed by atoms with van der Waals surface area (Å²) in [4.78, 5) is 0. The second kappa shape index (κ2) is 9.21. The zero-order valence-electron chi connectivity index (χ0n) is 16.5. The summed E-state index contributed by atoms with van der Waals surface area (Å²) in [5.74, 6) is -1.10. The van der Waals surface area contributed by atoms with Crippen molar-refractivity contribution in [3.8, 4) is 5.75 Å². The van der Waals surface area contributed by atoms with E-state index in [0.29, 0.717) is 19.3 Å². The van der Waals surface area contributed by atoms with Crippen LogP contribution in [0.15, 0.2) is 54.8 Å². The summed E-state index contributed by atoms with van der Waals surface area (Å²) in [6.45, 7) is 5.83. The van der Waals surface area contributed by atoms with Crippen LogP contribution >= 0.6 is 0 Å². The van der Waals surface area contributed by atoms with Gasteiger partial charge >= 0.3 is 6.11 Å². The number of hydrogen-bond donors (Lipinski definition) is 0. The Balaban J connectivity index is 1.73. The Labute approximate surface area is 169 Å². The Hall–Kier alpha value is -2.69. The predicted molar refractivity (Wildman–Crippen MR) is 108 cm³/mol. The largest absolute Gasteiger partial charge is 0.491 e. The Bertz CT molecular complexity index is 886. The molecule has 0 unspecified atom stereocenters. The Morgan fingerprint density at radius 2 is 1.72 bits per heavy atom. The highest BCUT2D eigenvalue weighted by Crippen LogP contribution is 2.43. The highest BCUT2D eigenvalue weighted by Gasteiger charge is 2.43. The molecule has 5 heteroatoms. The van der Waals surface area contributed by atoms with Crippen molar-refractivity contribution in [3.63, 3.8) is 0 Å². The molecular weight excluding hydrogens is 377 g/mol. The van der Waals surface area contributed by atoms with Gasteiger partial charge in [-0.3, -0.25) is 0 Å². The van der Waals surface area contributed by atoms with Gasteiger partial charge in [0.1, 0.15) is 11.3 Å². The van der Waals surface area contributed by atoms with Gasteiger partial charge in [0.25, 0.3) is 0 Å². The molecule has 0 atom stereocenters. The number of alkyl halides is 2. The standard InChI is InChI=1S/C24H25F3O2/c1-3-5-6-17-7-9-18(10-8-17)11-13-20-16-19-12-14-21(28-15-4-2)23(25)22(19)24(26,27)29-20/h3,7-10,12,14,16H,1,4-6,11,13,15H2,2H3. The van der Waals surface area contributed by atoms with Crippen LogP contribution < -0.4 is 4.74 Å². The molecule has 0 spiro atoms. The van der Waals surface area contributed by atoms with Gasteiger partial charge in [0.05, 0.1) is 6.61 Å². The van der Waals surface area contributed by atoms with E-state index in [4.69, 9.17) is 9.47 Å². The Morgan fingerprint density at radius 3 is 2.38 bits per heavy atom. The number of hydrogen-bond acceptors (Lipinski definition) is 2. The lowest BCUT2D eigenvalue weighted by Gasteiger charge is -2.27. The number of halogens is 3. The summed E-state index contributed by atoms with van der Waals surface area (Å²) in [5, 5.41) is 0. The fourth-order valence-corrected chi connectivity index (χ4v) is 3.26. The lowest BCUT2D eigenvalue weighted by molar-refractivity contribution is -0.228. The maximum atomic E-state index is 14.6. The molecule has 0 N–H and O–H groups in total. The molecule has 2 nitrogen and oxygen atoms in total. The van der Waals surface area contributed by atoms with E-state index in [1.165, 1.54) is 23.8 Å². The quantitative estimate of drug-likeness (QED) is 0.430. The van der Waals surface area contributed by atoms with Crippen LogP contribution in [-0.2, 0) is 23.7 Å². The van der Waals surface area contributed by atoms with Gasteiger partial charge in [0.15, 0.2) is 11.6 Å². The van der Waals surface area contributed by atoms with Gasteiger partial charge in [0, 0.05) is 6.42 Å². The van der Waals surface area contributed by atoms with Crippen LogP contribution in [0.4, 0.5) is 13.2 Å². The SMILES string of the molecule is C=CCCc1ccc(CCC2=Cc3ccc(OCCC)c(F)c3C(F)(F)O2)cc1. The van der Waals surface area contributed by atoms with Gasteiger partial charge in [-0.2, -0.15) is 8.78 Å². The smallest absolute Gasteiger partial charge is 0.430 e. The number of benzene rings is 2. The minimum absolute atomic E-state index is 0.123. The maximum absolute atomic E-state index is 14.6. The second-order valence-electron chi connectivity index (χ2n) is 7.06. The zero-order chi connectivity index (χ0) is 20.9. The first kappa shape index (κ1) is 21.0. The number of aryl methyl sites for hydroxylation is 2. The van der Waals surface area contributed by atoms with E-state index < -0.39 is 17.5 Å². The average molecular weight is 402 g/mol. The van der Waals surface area contributed by atoms with Gasteiger partial charge in [0.2, 0.25) is 0 Å². The van der Waals surface area contributed by atoms with Crippen molar-refractivity contribution < 1.29 is 22.6 Å². The van der Waals surface area contributed by atoms with E-state index in [9.17, 15) is 13.2 Å². The summed E-state index contributed by atoms with van der Waals surface area (Å²) in [6.07, 6.45) is 2.98. The number of allylic oxidation sites excluding steroid dienone is 2. The molecule has 29 heavy (non-hydrogen) atoms. The third kappa shape index (κ3) is 5.03. The molecule has 0 saturated carbocycles. The normalized spacial score (nSPS) is 14.6. The molecular formula is C24H25F3O2. The minimum Gasteiger partial charge on any atom is -0.491 e. The molecule has 0 saturated heterocycles. The van der Waals surface area contributed by atoms with E-state index >= 15 is 0 Å². The lowest BCUT2D eigenvalue weighted by atomic mass is 9.99. The topological polar surface area (TPSA) is 18.5 Å². The van der Waals surface area contributed by atoms with Gasteiger partial charge in [-0.25, -0.2) is 4.39 Å². The first-order valence-corrected chi connectivity index (χ1v) is 9.86. The van der Waals surface area contributed by atoms with E-state index in [1.807, 2.05) is 37.3 Å². The molecule has 0 fully saturated rings. The molecule has 0 aliphatic carbocycles. The molecule has 1 heterocycles. The van der Waals surface area contributed by atoms with Crippen molar-refractivity contribution in [1.29, 1.82) is 0 Å². The zero-order valence-corrected chi connectivity index (χ0v) is 16.5. The molecule has 0 bridgehead atoms. The first-order chi connectivity index (χ1) is 13.9. The van der Waals surface area contributed by atoms with E-state index in [0.717, 1.165) is 18.4 Å². The molecule has 1 aliphatic heterocycles. The van der Waals surface area contributed by atoms with Gasteiger partial charge < -0.3 is 9.47 Å². The third-order valence-electron chi connectivity index (χ3n) is 4.79. The number of rotatable bonds is 9. The van der Waals surface area contributed by atoms with Gasteiger partial charge in [-0.1, -0.05) is 43.3 Å². The van der Waals surface area contributed by atoms with Crippen molar-refractivity contribution >= 4 is 6.08 Å². The van der Waals surface area contributed by atoms with Crippen LogP contribution in [0.5, 0.6) is 5.75 Å². The summed E-state index contributed by atoms with van der Waals surface area (Å²) in [6, 6.07) is 10.9. The molecule has 2 aromatic carbocycles. The molecule has 0 amide bonds. The summed E-state index contributed by atoms with van der Waals surface area (Å²) < 4.78 is 53.7. The highest BCUT2D eigenvalue weighted by atomic mass is 19.3. The summed E-state index contributed by atoms with van der Waals surface area (Å²) >= 11 is 0. The number of fused-ring (bicyclic) bond motifs is 1. The van der Waals surface area contributed by atoms with Crippen molar-refractivity contribution in [2.24, 2.45) is 0 Å². The van der Waals surface area contributed by atoms with Gasteiger partial charge in [-0.05, 0) is 54.5 Å². The second-order valence-corrected chi connectivity index (χ2v) is 7.06. The number of ether oxygens (including phenoxy) is 2. The van der Waals surface area contributed by atoms with Crippen molar-refractivity contribution in [1.82, 2.24) is 0 Å². The van der Waals surface area contributed by atoms with E-state index in [2.05, 4.69) is 6.58 Å². The molecule has 154 valence electrons. The summed E-state index contributed by atoms with van der Waals surface area (Å²) in [7, 11) is 0. The molecule has 1 aliphatic rings. The fraction of sp³-hybridized carbons (Fsp3) is 0.333. The monoisotopic (exact) mass is 402 g/mol. The van der Waals surface area contributed by atoms with E-state index in [-0.39, 0.29) is 23.7 Å². The highest BCUT2D eigenvalue weighted by molar-refractivity contribution is 5.61. The maximum Gasteiger partial charge on any atom is 0.430 e. The Kier molecular flexibility index (Phi) is 6.68. The molecule has 0 radical (unpaired) electrons. The first-order valence-electron chi connectivity index (χ1n) is 9.86. The van der Waals surface area contributed by atoms with Crippen LogP contribution in [-0.4, -0.2) is 6.61 Å². The predicted octanol–water partition coefficient (Wildman–Crippen LogP) is 6.79. The fourth-order valence-electron chi connectivity index (χ4n) is 3.26. The van der Waals surface area contributed by atoms with Crippen LogP contribution in [0.1, 0.15) is 48.4 Å². The van der Waals surface area contributed by atoms with Crippen LogP contribution in [0.25, 0.3) is 6.08 Å². The van der Waals surface area contributed by atoms with E-state index in [1.54, 1.807) is 0 Å². The van der Waals surface area contributed by atoms with Crippen LogP contribution in [0.3, 0.4) is 0 Å². The van der Waals surface area contributed by atoms with Gasteiger partial charge in [-0.15, -0.1) is 6.58 Å². The van der Waals surface area contributed by atoms with Crippen molar-refractivity contribution in [2.75, 3.05) is 6.61 Å². The van der Waals surface area contributed by atoms with Crippen molar-refractivity contribution in [2.45, 2.75) is 45.1 Å². The molecule has 3 rings (SSSR count). The summed E-state index contributed by atoms with van der Waals surface area (Å²) in [5.41, 5.74) is 1.60. The average Bonchev–Trinajstić information content (AvgIpc) is 2.70. The lowest BCUT2D eigenvalue weighted by Crippen LogP contribution is -2.25. The van der Waals surface area contributed by atoms with Crippen LogP contribution in [0.2, 0.25) is 0 Å². The third-order valence-corrected chi connectivity index (χ3v) is 4.79. The molecule has 2 aromatic rings. The minimum atomic E-state index is -3.73. The molecule has 0 aromatic heterocycles. The van der Waals surface area contributed by atoms with Crippen LogP contribution in [0, 0.1) is 5.82 Å². The Morgan fingerprint density at radius 1 is 1.03 bits per heavy atom.